The quantitative estimate of drug-likeness (QED) is 0.881. The van der Waals surface area contributed by atoms with E-state index in [1.54, 1.807) is 0 Å². The monoisotopic (exact) mass is 271 g/mol. The van der Waals surface area contributed by atoms with E-state index in [0.29, 0.717) is 6.54 Å². The summed E-state index contributed by atoms with van der Waals surface area (Å²) in [7, 11) is 0. The molecular weight excluding hydrogens is 254 g/mol. The van der Waals surface area contributed by atoms with Gasteiger partial charge in [0, 0.05) is 16.7 Å². The summed E-state index contributed by atoms with van der Waals surface area (Å²) < 4.78 is 1.04. The SMILES string of the molecule is CCC(C)(O)CNc1ccc(C)cc1Br. The molecule has 0 aromatic heterocycles. The third-order valence-electron chi connectivity index (χ3n) is 2.55. The Morgan fingerprint density at radius 3 is 2.67 bits per heavy atom. The van der Waals surface area contributed by atoms with Gasteiger partial charge in [0.05, 0.1) is 5.60 Å². The van der Waals surface area contributed by atoms with E-state index in [2.05, 4.69) is 34.2 Å². The van der Waals surface area contributed by atoms with Gasteiger partial charge in [0.1, 0.15) is 0 Å². The van der Waals surface area contributed by atoms with Gasteiger partial charge in [0.25, 0.3) is 0 Å². The van der Waals surface area contributed by atoms with Crippen LogP contribution in [0.25, 0.3) is 0 Å². The second kappa shape index (κ2) is 4.99. The molecule has 0 heterocycles. The highest BCUT2D eigenvalue weighted by Gasteiger charge is 2.17. The van der Waals surface area contributed by atoms with Crippen LogP contribution in [0.2, 0.25) is 0 Å². The zero-order valence-corrected chi connectivity index (χ0v) is 11.1. The maximum atomic E-state index is 9.85. The van der Waals surface area contributed by atoms with Gasteiger partial charge in [-0.25, -0.2) is 0 Å². The lowest BCUT2D eigenvalue weighted by Crippen LogP contribution is -2.32. The fourth-order valence-corrected chi connectivity index (χ4v) is 1.81. The summed E-state index contributed by atoms with van der Waals surface area (Å²) in [4.78, 5) is 0. The highest BCUT2D eigenvalue weighted by Crippen LogP contribution is 2.24. The molecule has 2 N–H and O–H groups in total. The molecule has 84 valence electrons. The fraction of sp³-hybridized carbons (Fsp3) is 0.500. The van der Waals surface area contributed by atoms with E-state index in [0.717, 1.165) is 16.6 Å². The molecule has 0 saturated carbocycles. The number of anilines is 1. The summed E-state index contributed by atoms with van der Waals surface area (Å²) in [6, 6.07) is 6.13. The number of nitrogens with one attached hydrogen (secondary N) is 1. The van der Waals surface area contributed by atoms with Crippen molar-refractivity contribution in [1.29, 1.82) is 0 Å². The minimum absolute atomic E-state index is 0.561. The van der Waals surface area contributed by atoms with Crippen molar-refractivity contribution < 1.29 is 5.11 Å². The third-order valence-corrected chi connectivity index (χ3v) is 3.20. The summed E-state index contributed by atoms with van der Waals surface area (Å²) >= 11 is 3.49. The van der Waals surface area contributed by atoms with Crippen molar-refractivity contribution in [2.24, 2.45) is 0 Å². The molecule has 3 heteroatoms. The molecular formula is C12H18BrNO. The van der Waals surface area contributed by atoms with Crippen molar-refractivity contribution in [2.75, 3.05) is 11.9 Å². The lowest BCUT2D eigenvalue weighted by atomic mass is 10.0. The lowest BCUT2D eigenvalue weighted by Gasteiger charge is -2.22. The smallest absolute Gasteiger partial charge is 0.0788 e. The Kier molecular flexibility index (Phi) is 4.17. The molecule has 1 unspecified atom stereocenters. The molecule has 1 aromatic rings. The van der Waals surface area contributed by atoms with Gasteiger partial charge in [-0.15, -0.1) is 0 Å². The molecule has 0 aliphatic rings. The highest BCUT2D eigenvalue weighted by molar-refractivity contribution is 9.10. The molecule has 0 saturated heterocycles. The summed E-state index contributed by atoms with van der Waals surface area (Å²) in [5, 5.41) is 13.1. The predicted molar refractivity (Wildman–Crippen MR) is 68.3 cm³/mol. The molecule has 0 aliphatic carbocycles. The Balaban J connectivity index is 2.66. The van der Waals surface area contributed by atoms with Crippen LogP contribution in [-0.2, 0) is 0 Å². The van der Waals surface area contributed by atoms with Crippen molar-refractivity contribution >= 4 is 21.6 Å². The van der Waals surface area contributed by atoms with Crippen molar-refractivity contribution in [3.63, 3.8) is 0 Å². The molecule has 1 atom stereocenters. The van der Waals surface area contributed by atoms with Crippen molar-refractivity contribution in [1.82, 2.24) is 0 Å². The van der Waals surface area contributed by atoms with E-state index in [9.17, 15) is 5.11 Å². The van der Waals surface area contributed by atoms with E-state index in [1.807, 2.05) is 26.0 Å². The van der Waals surface area contributed by atoms with E-state index < -0.39 is 5.60 Å². The van der Waals surface area contributed by atoms with Crippen LogP contribution in [0.15, 0.2) is 22.7 Å². The van der Waals surface area contributed by atoms with E-state index in [1.165, 1.54) is 5.56 Å². The summed E-state index contributed by atoms with van der Waals surface area (Å²) in [6.45, 7) is 6.43. The standard InChI is InChI=1S/C12H18BrNO/c1-4-12(3,15)8-14-11-6-5-9(2)7-10(11)13/h5-7,14-15H,4,8H2,1-3H3. The molecule has 0 radical (unpaired) electrons. The maximum absolute atomic E-state index is 9.85. The van der Waals surface area contributed by atoms with Crippen molar-refractivity contribution in [3.05, 3.63) is 28.2 Å². The zero-order valence-electron chi connectivity index (χ0n) is 9.47. The van der Waals surface area contributed by atoms with E-state index in [-0.39, 0.29) is 0 Å². The minimum atomic E-state index is -0.648. The number of hydrogen-bond acceptors (Lipinski definition) is 2. The number of halogens is 1. The van der Waals surface area contributed by atoms with Gasteiger partial charge in [-0.2, -0.15) is 0 Å². The molecule has 1 aromatic carbocycles. The first kappa shape index (κ1) is 12.5. The Bertz CT molecular complexity index is 336. The van der Waals surface area contributed by atoms with Crippen LogP contribution >= 0.6 is 15.9 Å². The van der Waals surface area contributed by atoms with Gasteiger partial charge in [0.15, 0.2) is 0 Å². The second-order valence-corrected chi connectivity index (χ2v) is 5.04. The molecule has 0 aliphatic heterocycles. The number of aryl methyl sites for hydroxylation is 1. The van der Waals surface area contributed by atoms with Gasteiger partial charge >= 0.3 is 0 Å². The Morgan fingerprint density at radius 1 is 1.47 bits per heavy atom. The summed E-state index contributed by atoms with van der Waals surface area (Å²) in [5.74, 6) is 0. The molecule has 0 spiro atoms. The maximum Gasteiger partial charge on any atom is 0.0788 e. The number of rotatable bonds is 4. The average molecular weight is 272 g/mol. The molecule has 1 rings (SSSR count). The molecule has 15 heavy (non-hydrogen) atoms. The van der Waals surface area contributed by atoms with Gasteiger partial charge in [-0.1, -0.05) is 13.0 Å². The first-order valence-corrected chi connectivity index (χ1v) is 5.96. The Labute approximate surface area is 99.8 Å². The average Bonchev–Trinajstić information content (AvgIpc) is 2.16. The first-order chi connectivity index (χ1) is 6.94. The van der Waals surface area contributed by atoms with Crippen LogP contribution in [-0.4, -0.2) is 17.3 Å². The Hall–Kier alpha value is -0.540. The summed E-state index contributed by atoms with van der Waals surface area (Å²) in [5.41, 5.74) is 1.59. The second-order valence-electron chi connectivity index (χ2n) is 4.19. The van der Waals surface area contributed by atoms with Gasteiger partial charge in [-0.05, 0) is 53.9 Å². The normalized spacial score (nSPS) is 14.7. The van der Waals surface area contributed by atoms with Gasteiger partial charge in [0.2, 0.25) is 0 Å². The summed E-state index contributed by atoms with van der Waals surface area (Å²) in [6.07, 6.45) is 0.740. The fourth-order valence-electron chi connectivity index (χ4n) is 1.17. The third kappa shape index (κ3) is 3.84. The lowest BCUT2D eigenvalue weighted by molar-refractivity contribution is 0.0697. The van der Waals surface area contributed by atoms with Crippen LogP contribution in [0.3, 0.4) is 0 Å². The van der Waals surface area contributed by atoms with Crippen LogP contribution in [0.1, 0.15) is 25.8 Å². The molecule has 0 amide bonds. The topological polar surface area (TPSA) is 32.3 Å². The Morgan fingerprint density at radius 2 is 2.13 bits per heavy atom. The zero-order chi connectivity index (χ0) is 11.5. The molecule has 2 nitrogen and oxygen atoms in total. The number of benzene rings is 1. The molecule has 0 bridgehead atoms. The first-order valence-electron chi connectivity index (χ1n) is 5.17. The minimum Gasteiger partial charge on any atom is -0.388 e. The van der Waals surface area contributed by atoms with Crippen LogP contribution < -0.4 is 5.32 Å². The number of hydrogen-bond donors (Lipinski definition) is 2. The van der Waals surface area contributed by atoms with Gasteiger partial charge < -0.3 is 10.4 Å². The predicted octanol–water partition coefficient (Wildman–Crippen LogP) is 3.33. The molecule has 0 fully saturated rings. The van der Waals surface area contributed by atoms with Crippen LogP contribution in [0, 0.1) is 6.92 Å². The number of aliphatic hydroxyl groups is 1. The van der Waals surface area contributed by atoms with Crippen molar-refractivity contribution in [3.8, 4) is 0 Å². The van der Waals surface area contributed by atoms with E-state index in [4.69, 9.17) is 0 Å². The van der Waals surface area contributed by atoms with Gasteiger partial charge in [-0.3, -0.25) is 0 Å². The van der Waals surface area contributed by atoms with Crippen LogP contribution in [0.4, 0.5) is 5.69 Å². The largest absolute Gasteiger partial charge is 0.388 e. The van der Waals surface area contributed by atoms with Crippen LogP contribution in [0.5, 0.6) is 0 Å². The van der Waals surface area contributed by atoms with Crippen molar-refractivity contribution in [2.45, 2.75) is 32.8 Å². The highest BCUT2D eigenvalue weighted by atomic mass is 79.9. The van der Waals surface area contributed by atoms with E-state index >= 15 is 0 Å².